The molecule has 3 aromatic rings. The third kappa shape index (κ3) is 4.46. The van der Waals surface area contributed by atoms with Crippen LogP contribution in [-0.4, -0.2) is 29.7 Å². The third-order valence-electron chi connectivity index (χ3n) is 5.00. The van der Waals surface area contributed by atoms with E-state index in [-0.39, 0.29) is 18.2 Å². The van der Waals surface area contributed by atoms with E-state index in [0.29, 0.717) is 23.3 Å². The fourth-order valence-electron chi connectivity index (χ4n) is 3.47. The lowest BCUT2D eigenvalue weighted by Crippen LogP contribution is -2.27. The minimum Gasteiger partial charge on any atom is -0.380 e. The number of carbonyl (C=O) groups excluding carboxylic acids is 1. The van der Waals surface area contributed by atoms with Crippen LogP contribution in [0.1, 0.15) is 12.8 Å². The molecule has 1 fully saturated rings. The number of pyridine rings is 1. The SMILES string of the molecule is O=C(Cn1ccc2ccccc2c1=O)Nc1ccc(NC[C@H]2CCCO2)c(F)c1. The number of rotatable bonds is 6. The van der Waals surface area contributed by atoms with Crippen LogP contribution >= 0.6 is 0 Å². The molecule has 7 heteroatoms. The summed E-state index contributed by atoms with van der Waals surface area (Å²) in [5.74, 6) is -0.856. The van der Waals surface area contributed by atoms with Gasteiger partial charge in [0.25, 0.3) is 5.56 Å². The molecule has 0 unspecified atom stereocenters. The highest BCUT2D eigenvalue weighted by Gasteiger charge is 2.16. The van der Waals surface area contributed by atoms with Crippen molar-refractivity contribution in [2.24, 2.45) is 0 Å². The summed E-state index contributed by atoms with van der Waals surface area (Å²) in [4.78, 5) is 24.8. The Morgan fingerprint density at radius 3 is 2.86 bits per heavy atom. The molecule has 1 aliphatic heterocycles. The maximum absolute atomic E-state index is 14.3. The predicted octanol–water partition coefficient (Wildman–Crippen LogP) is 3.37. The van der Waals surface area contributed by atoms with Crippen LogP contribution in [0, 0.1) is 5.82 Å². The largest absolute Gasteiger partial charge is 0.380 e. The molecule has 0 aliphatic carbocycles. The molecule has 1 atom stereocenters. The molecule has 0 radical (unpaired) electrons. The van der Waals surface area contributed by atoms with Gasteiger partial charge < -0.3 is 19.9 Å². The molecule has 0 spiro atoms. The van der Waals surface area contributed by atoms with Gasteiger partial charge in [-0.15, -0.1) is 0 Å². The van der Waals surface area contributed by atoms with E-state index in [1.807, 2.05) is 12.1 Å². The number of benzene rings is 2. The van der Waals surface area contributed by atoms with Gasteiger partial charge in [0.2, 0.25) is 5.91 Å². The van der Waals surface area contributed by atoms with Crippen molar-refractivity contribution in [1.82, 2.24) is 4.57 Å². The first-order chi connectivity index (χ1) is 14.1. The summed E-state index contributed by atoms with van der Waals surface area (Å²) in [7, 11) is 0. The molecule has 6 nitrogen and oxygen atoms in total. The molecular weight excluding hydrogens is 373 g/mol. The van der Waals surface area contributed by atoms with Gasteiger partial charge in [-0.05, 0) is 48.6 Å². The van der Waals surface area contributed by atoms with Crippen molar-refractivity contribution in [3.63, 3.8) is 0 Å². The molecule has 1 aromatic heterocycles. The second kappa shape index (κ2) is 8.45. The first-order valence-electron chi connectivity index (χ1n) is 9.63. The molecule has 29 heavy (non-hydrogen) atoms. The van der Waals surface area contributed by atoms with Gasteiger partial charge in [-0.2, -0.15) is 0 Å². The quantitative estimate of drug-likeness (QED) is 0.671. The van der Waals surface area contributed by atoms with Crippen molar-refractivity contribution in [2.45, 2.75) is 25.5 Å². The van der Waals surface area contributed by atoms with Gasteiger partial charge in [0.05, 0.1) is 11.8 Å². The highest BCUT2D eigenvalue weighted by atomic mass is 19.1. The Bertz CT molecular complexity index is 1090. The Balaban J connectivity index is 1.40. The van der Waals surface area contributed by atoms with Gasteiger partial charge in [-0.25, -0.2) is 4.39 Å². The van der Waals surface area contributed by atoms with E-state index < -0.39 is 11.7 Å². The molecule has 2 N–H and O–H groups in total. The van der Waals surface area contributed by atoms with E-state index in [0.717, 1.165) is 24.8 Å². The number of ether oxygens (including phenoxy) is 1. The number of hydrogen-bond donors (Lipinski definition) is 2. The number of aromatic nitrogens is 1. The molecular formula is C22H22FN3O3. The van der Waals surface area contributed by atoms with Crippen LogP contribution in [0.25, 0.3) is 10.8 Å². The molecule has 4 rings (SSSR count). The zero-order valence-corrected chi connectivity index (χ0v) is 15.9. The van der Waals surface area contributed by atoms with Gasteiger partial charge in [0, 0.05) is 30.4 Å². The van der Waals surface area contributed by atoms with Crippen LogP contribution < -0.4 is 16.2 Å². The highest BCUT2D eigenvalue weighted by molar-refractivity contribution is 5.91. The highest BCUT2D eigenvalue weighted by Crippen LogP contribution is 2.20. The Labute approximate surface area is 167 Å². The van der Waals surface area contributed by atoms with Crippen molar-refractivity contribution < 1.29 is 13.9 Å². The lowest BCUT2D eigenvalue weighted by Gasteiger charge is -2.13. The maximum atomic E-state index is 14.3. The number of nitrogens with zero attached hydrogens (tertiary/aromatic N) is 1. The van der Waals surface area contributed by atoms with Crippen LogP contribution in [0.15, 0.2) is 59.5 Å². The molecule has 1 amide bonds. The van der Waals surface area contributed by atoms with E-state index in [4.69, 9.17) is 4.74 Å². The van der Waals surface area contributed by atoms with Crippen molar-refractivity contribution in [2.75, 3.05) is 23.8 Å². The Hall–Kier alpha value is -3.19. The van der Waals surface area contributed by atoms with E-state index in [9.17, 15) is 14.0 Å². The standard InChI is InChI=1S/C22H22FN3O3/c23-19-12-16(7-8-20(19)24-13-17-5-3-11-29-17)25-21(27)14-26-10-9-15-4-1-2-6-18(15)22(26)28/h1-2,4,6-10,12,17,24H,3,5,11,13-14H2,(H,25,27)/t17-/m1/s1. The maximum Gasteiger partial charge on any atom is 0.258 e. The average Bonchev–Trinajstić information content (AvgIpc) is 3.23. The van der Waals surface area contributed by atoms with Crippen molar-refractivity contribution in [1.29, 1.82) is 0 Å². The van der Waals surface area contributed by atoms with E-state index in [1.165, 1.54) is 10.6 Å². The summed E-state index contributed by atoms with van der Waals surface area (Å²) < 4.78 is 21.2. The number of fused-ring (bicyclic) bond motifs is 1. The summed E-state index contributed by atoms with van der Waals surface area (Å²) in [6.45, 7) is 1.15. The number of nitrogens with one attached hydrogen (secondary N) is 2. The Morgan fingerprint density at radius 1 is 1.21 bits per heavy atom. The number of amides is 1. The van der Waals surface area contributed by atoms with Crippen LogP contribution in [0.4, 0.5) is 15.8 Å². The monoisotopic (exact) mass is 395 g/mol. The van der Waals surface area contributed by atoms with E-state index in [1.54, 1.807) is 36.5 Å². The summed E-state index contributed by atoms with van der Waals surface area (Å²) in [6, 6.07) is 13.5. The molecule has 1 aliphatic rings. The normalized spacial score (nSPS) is 16.1. The van der Waals surface area contributed by atoms with Crippen LogP contribution in [0.2, 0.25) is 0 Å². The Kier molecular flexibility index (Phi) is 5.57. The topological polar surface area (TPSA) is 72.4 Å². The van der Waals surface area contributed by atoms with Crippen LogP contribution in [-0.2, 0) is 16.1 Å². The second-order valence-electron chi connectivity index (χ2n) is 7.09. The third-order valence-corrected chi connectivity index (χ3v) is 5.00. The lowest BCUT2D eigenvalue weighted by atomic mass is 10.2. The summed E-state index contributed by atoms with van der Waals surface area (Å²) in [6.07, 6.45) is 3.69. The van der Waals surface area contributed by atoms with Crippen molar-refractivity contribution in [3.05, 3.63) is 70.9 Å². The number of anilines is 2. The minimum absolute atomic E-state index is 0.106. The summed E-state index contributed by atoms with van der Waals surface area (Å²) >= 11 is 0. The van der Waals surface area contributed by atoms with Crippen molar-refractivity contribution >= 4 is 28.1 Å². The first kappa shape index (κ1) is 19.1. The molecule has 2 heterocycles. The Morgan fingerprint density at radius 2 is 2.07 bits per heavy atom. The van der Waals surface area contributed by atoms with Gasteiger partial charge in [0.1, 0.15) is 12.4 Å². The van der Waals surface area contributed by atoms with E-state index >= 15 is 0 Å². The van der Waals surface area contributed by atoms with Crippen LogP contribution in [0.5, 0.6) is 0 Å². The fraction of sp³-hybridized carbons (Fsp3) is 0.273. The van der Waals surface area contributed by atoms with Crippen molar-refractivity contribution in [3.8, 4) is 0 Å². The molecule has 0 bridgehead atoms. The smallest absolute Gasteiger partial charge is 0.258 e. The van der Waals surface area contributed by atoms with E-state index in [2.05, 4.69) is 10.6 Å². The summed E-state index contributed by atoms with van der Waals surface area (Å²) in [5.41, 5.74) is 0.464. The molecule has 0 saturated carbocycles. The minimum atomic E-state index is -0.455. The number of hydrogen-bond acceptors (Lipinski definition) is 4. The van der Waals surface area contributed by atoms with Gasteiger partial charge in [-0.3, -0.25) is 9.59 Å². The zero-order chi connectivity index (χ0) is 20.2. The molecule has 2 aromatic carbocycles. The lowest BCUT2D eigenvalue weighted by molar-refractivity contribution is -0.116. The fourth-order valence-corrected chi connectivity index (χ4v) is 3.47. The number of carbonyl (C=O) groups is 1. The van der Waals surface area contributed by atoms with Gasteiger partial charge >= 0.3 is 0 Å². The van der Waals surface area contributed by atoms with Gasteiger partial charge in [0.15, 0.2) is 0 Å². The van der Waals surface area contributed by atoms with Gasteiger partial charge in [-0.1, -0.05) is 18.2 Å². The molecule has 1 saturated heterocycles. The number of halogens is 1. The average molecular weight is 395 g/mol. The first-order valence-corrected chi connectivity index (χ1v) is 9.63. The predicted molar refractivity (Wildman–Crippen MR) is 111 cm³/mol. The van der Waals surface area contributed by atoms with Crippen LogP contribution in [0.3, 0.4) is 0 Å². The summed E-state index contributed by atoms with van der Waals surface area (Å²) in [5, 5.41) is 7.05. The molecule has 150 valence electrons. The zero-order valence-electron chi connectivity index (χ0n) is 15.9. The second-order valence-corrected chi connectivity index (χ2v) is 7.09.